The van der Waals surface area contributed by atoms with Gasteiger partial charge < -0.3 is 9.47 Å². The summed E-state index contributed by atoms with van der Waals surface area (Å²) in [4.78, 5) is 13.9. The Labute approximate surface area is 128 Å². The van der Waals surface area contributed by atoms with E-state index in [9.17, 15) is 9.18 Å². The first-order valence-corrected chi connectivity index (χ1v) is 7.42. The molecule has 1 aliphatic rings. The second-order valence-corrected chi connectivity index (χ2v) is 5.22. The van der Waals surface area contributed by atoms with E-state index in [2.05, 4.69) is 0 Å². The number of carbonyl (C=O) groups is 1. The largest absolute Gasteiger partial charge is 0.466 e. The predicted molar refractivity (Wildman–Crippen MR) is 77.8 cm³/mol. The van der Waals surface area contributed by atoms with Gasteiger partial charge in [0, 0.05) is 29.7 Å². The summed E-state index contributed by atoms with van der Waals surface area (Å²) in [6.45, 7) is 4.44. The lowest BCUT2D eigenvalue weighted by Crippen LogP contribution is -2.40. The molecule has 0 amide bonds. The first kappa shape index (κ1) is 16.2. The second kappa shape index (κ2) is 7.73. The molecule has 0 aromatic heterocycles. The molecule has 116 valence electrons. The molecular formula is C15H19ClFNO3. The van der Waals surface area contributed by atoms with E-state index in [1.165, 1.54) is 6.07 Å². The molecule has 1 atom stereocenters. The van der Waals surface area contributed by atoms with Crippen molar-refractivity contribution < 1.29 is 18.7 Å². The molecule has 21 heavy (non-hydrogen) atoms. The summed E-state index contributed by atoms with van der Waals surface area (Å²) in [5.74, 6) is -0.753. The zero-order valence-corrected chi connectivity index (χ0v) is 12.7. The topological polar surface area (TPSA) is 38.8 Å². The van der Waals surface area contributed by atoms with Gasteiger partial charge in [-0.15, -0.1) is 0 Å². The molecule has 6 heteroatoms. The summed E-state index contributed by atoms with van der Waals surface area (Å²) in [7, 11) is 0. The number of carbonyl (C=O) groups excluding carboxylic acids is 1. The normalized spacial score (nSPS) is 17.5. The minimum atomic E-state index is -0.429. The van der Waals surface area contributed by atoms with Gasteiger partial charge in [0.05, 0.1) is 26.2 Å². The second-order valence-electron chi connectivity index (χ2n) is 4.81. The summed E-state index contributed by atoms with van der Waals surface area (Å²) >= 11 is 6.15. The summed E-state index contributed by atoms with van der Waals surface area (Å²) in [6.07, 6.45) is 0.0779. The van der Waals surface area contributed by atoms with Gasteiger partial charge in [0.15, 0.2) is 0 Å². The molecule has 1 heterocycles. The van der Waals surface area contributed by atoms with E-state index in [0.717, 1.165) is 0 Å². The van der Waals surface area contributed by atoms with Crippen molar-refractivity contribution in [3.05, 3.63) is 34.6 Å². The van der Waals surface area contributed by atoms with Crippen LogP contribution in [0.1, 0.15) is 24.9 Å². The van der Waals surface area contributed by atoms with Crippen LogP contribution in [0.2, 0.25) is 5.02 Å². The zero-order chi connectivity index (χ0) is 15.2. The molecular weight excluding hydrogens is 297 g/mol. The first-order valence-electron chi connectivity index (χ1n) is 7.04. The number of benzene rings is 1. The molecule has 1 aromatic carbocycles. The number of hydrogen-bond acceptors (Lipinski definition) is 4. The van der Waals surface area contributed by atoms with E-state index in [4.69, 9.17) is 21.1 Å². The molecule has 1 aromatic rings. The molecule has 0 aliphatic carbocycles. The summed E-state index contributed by atoms with van der Waals surface area (Å²) in [6, 6.07) is 4.13. The fraction of sp³-hybridized carbons (Fsp3) is 0.533. The maximum absolute atomic E-state index is 14.2. The summed E-state index contributed by atoms with van der Waals surface area (Å²) in [5, 5.41) is 0.329. The van der Waals surface area contributed by atoms with Crippen molar-refractivity contribution in [2.24, 2.45) is 0 Å². The van der Waals surface area contributed by atoms with Crippen LogP contribution in [0.15, 0.2) is 18.2 Å². The lowest BCUT2D eigenvalue weighted by molar-refractivity contribution is -0.145. The average Bonchev–Trinajstić information content (AvgIpc) is 2.47. The van der Waals surface area contributed by atoms with Crippen molar-refractivity contribution in [2.45, 2.75) is 19.4 Å². The van der Waals surface area contributed by atoms with Crippen LogP contribution < -0.4 is 0 Å². The van der Waals surface area contributed by atoms with Crippen molar-refractivity contribution in [2.75, 3.05) is 32.9 Å². The van der Waals surface area contributed by atoms with Crippen LogP contribution in [0.25, 0.3) is 0 Å². The third-order valence-corrected chi connectivity index (χ3v) is 3.81. The Kier molecular flexibility index (Phi) is 5.96. The van der Waals surface area contributed by atoms with Gasteiger partial charge in [-0.2, -0.15) is 0 Å². The van der Waals surface area contributed by atoms with E-state index in [-0.39, 0.29) is 12.4 Å². The monoisotopic (exact) mass is 315 g/mol. The summed E-state index contributed by atoms with van der Waals surface area (Å²) in [5.41, 5.74) is 0.356. The van der Waals surface area contributed by atoms with E-state index in [0.29, 0.717) is 43.5 Å². The Morgan fingerprint density at radius 2 is 2.19 bits per heavy atom. The van der Waals surface area contributed by atoms with E-state index < -0.39 is 11.9 Å². The fourth-order valence-electron chi connectivity index (χ4n) is 2.51. The Morgan fingerprint density at radius 1 is 1.48 bits per heavy atom. The van der Waals surface area contributed by atoms with E-state index in [1.807, 2.05) is 4.90 Å². The minimum absolute atomic E-state index is 0.0779. The van der Waals surface area contributed by atoms with Gasteiger partial charge in [0.2, 0.25) is 0 Å². The van der Waals surface area contributed by atoms with Gasteiger partial charge in [-0.25, -0.2) is 4.39 Å². The van der Waals surface area contributed by atoms with Gasteiger partial charge in [-0.3, -0.25) is 9.69 Å². The number of halogens is 2. The molecule has 2 rings (SSSR count). The fourth-order valence-corrected chi connectivity index (χ4v) is 2.80. The standard InChI is InChI=1S/C15H19ClFNO3/c1-2-21-14(19)10-13(18-6-8-20-9-7-18)15-11(16)4-3-5-12(15)17/h3-5,13H,2,6-10H2,1H3. The molecule has 1 aliphatic heterocycles. The lowest BCUT2D eigenvalue weighted by Gasteiger charge is -2.34. The highest BCUT2D eigenvalue weighted by atomic mass is 35.5. The highest BCUT2D eigenvalue weighted by Gasteiger charge is 2.29. The Morgan fingerprint density at radius 3 is 2.81 bits per heavy atom. The number of hydrogen-bond donors (Lipinski definition) is 0. The number of rotatable bonds is 5. The van der Waals surface area contributed by atoms with Crippen molar-refractivity contribution in [1.29, 1.82) is 0 Å². The summed E-state index contributed by atoms with van der Waals surface area (Å²) < 4.78 is 24.5. The van der Waals surface area contributed by atoms with Gasteiger partial charge in [-0.1, -0.05) is 17.7 Å². The van der Waals surface area contributed by atoms with Crippen LogP contribution in [0.4, 0.5) is 4.39 Å². The molecule has 4 nitrogen and oxygen atoms in total. The van der Waals surface area contributed by atoms with Crippen LogP contribution in [0.5, 0.6) is 0 Å². The predicted octanol–water partition coefficient (Wildman–Crippen LogP) is 2.81. The van der Waals surface area contributed by atoms with Gasteiger partial charge in [0.1, 0.15) is 5.82 Å². The van der Waals surface area contributed by atoms with Crippen molar-refractivity contribution in [3.8, 4) is 0 Å². The smallest absolute Gasteiger partial charge is 0.307 e. The lowest BCUT2D eigenvalue weighted by atomic mass is 10.0. The molecule has 1 saturated heterocycles. The van der Waals surface area contributed by atoms with Crippen molar-refractivity contribution in [3.63, 3.8) is 0 Å². The Hall–Kier alpha value is -1.17. The van der Waals surface area contributed by atoms with Crippen LogP contribution >= 0.6 is 11.6 Å². The van der Waals surface area contributed by atoms with Crippen LogP contribution in [0, 0.1) is 5.82 Å². The van der Waals surface area contributed by atoms with Gasteiger partial charge in [-0.05, 0) is 19.1 Å². The maximum atomic E-state index is 14.2. The maximum Gasteiger partial charge on any atom is 0.307 e. The van der Waals surface area contributed by atoms with E-state index >= 15 is 0 Å². The first-order chi connectivity index (χ1) is 10.1. The Bertz CT molecular complexity index is 472. The molecule has 0 bridgehead atoms. The number of nitrogens with zero attached hydrogens (tertiary/aromatic N) is 1. The highest BCUT2D eigenvalue weighted by Crippen LogP contribution is 2.33. The third-order valence-electron chi connectivity index (χ3n) is 3.48. The zero-order valence-electron chi connectivity index (χ0n) is 12.0. The quantitative estimate of drug-likeness (QED) is 0.783. The van der Waals surface area contributed by atoms with Gasteiger partial charge >= 0.3 is 5.97 Å². The molecule has 1 fully saturated rings. The minimum Gasteiger partial charge on any atom is -0.466 e. The molecule has 1 unspecified atom stereocenters. The molecule has 0 radical (unpaired) electrons. The van der Waals surface area contributed by atoms with Crippen LogP contribution in [-0.4, -0.2) is 43.8 Å². The number of morpholine rings is 1. The SMILES string of the molecule is CCOC(=O)CC(c1c(F)cccc1Cl)N1CCOCC1. The molecule has 0 saturated carbocycles. The third kappa shape index (κ3) is 4.15. The highest BCUT2D eigenvalue weighted by molar-refractivity contribution is 6.31. The Balaban J connectivity index is 2.28. The van der Waals surface area contributed by atoms with E-state index in [1.54, 1.807) is 19.1 Å². The van der Waals surface area contributed by atoms with Crippen molar-refractivity contribution >= 4 is 17.6 Å². The number of ether oxygens (including phenoxy) is 2. The van der Waals surface area contributed by atoms with Crippen LogP contribution in [0.3, 0.4) is 0 Å². The average molecular weight is 316 g/mol. The van der Waals surface area contributed by atoms with Crippen molar-refractivity contribution in [1.82, 2.24) is 4.90 Å². The molecule has 0 spiro atoms. The van der Waals surface area contributed by atoms with Crippen LogP contribution in [-0.2, 0) is 14.3 Å². The number of esters is 1. The molecule has 0 N–H and O–H groups in total. The van der Waals surface area contributed by atoms with Gasteiger partial charge in [0.25, 0.3) is 0 Å².